The smallest absolute Gasteiger partial charge is 0.354 e. The monoisotopic (exact) mass is 409 g/mol. The van der Waals surface area contributed by atoms with E-state index < -0.39 is 23.3 Å². The van der Waals surface area contributed by atoms with Gasteiger partial charge in [0.05, 0.1) is 23.7 Å². The Morgan fingerprint density at radius 1 is 1.29 bits per heavy atom. The molecule has 0 bridgehead atoms. The molecule has 4 nitrogen and oxygen atoms in total. The molecule has 0 saturated carbocycles. The number of nitriles is 1. The van der Waals surface area contributed by atoms with Crippen LogP contribution in [0.3, 0.4) is 0 Å². The lowest BCUT2D eigenvalue weighted by Crippen LogP contribution is -2.46. The van der Waals surface area contributed by atoms with Crippen molar-refractivity contribution in [2.75, 3.05) is 19.0 Å². The Bertz CT molecular complexity index is 884. The van der Waals surface area contributed by atoms with Crippen molar-refractivity contribution in [3.63, 3.8) is 0 Å². The zero-order chi connectivity index (χ0) is 21.1. The standard InChI is InChI=1S/C20H22F3N3OS/c1-5-17(19(27)25(3)4)26(12-18-13(2)8-9-28-18)15-7-6-14(11-24)16(10-15)20(21,22)23/h6-10,17H,5,12H2,1-4H3. The van der Waals surface area contributed by atoms with E-state index in [1.807, 2.05) is 25.3 Å². The second-order valence-corrected chi connectivity index (χ2v) is 7.65. The van der Waals surface area contributed by atoms with Crippen LogP contribution < -0.4 is 4.90 Å². The van der Waals surface area contributed by atoms with Crippen molar-refractivity contribution in [1.29, 1.82) is 5.26 Å². The van der Waals surface area contributed by atoms with Gasteiger partial charge in [-0.3, -0.25) is 4.79 Å². The number of benzene rings is 1. The van der Waals surface area contributed by atoms with Gasteiger partial charge in [-0.2, -0.15) is 18.4 Å². The highest BCUT2D eigenvalue weighted by molar-refractivity contribution is 7.10. The van der Waals surface area contributed by atoms with Gasteiger partial charge in [-0.1, -0.05) is 6.92 Å². The summed E-state index contributed by atoms with van der Waals surface area (Å²) < 4.78 is 40.3. The van der Waals surface area contributed by atoms with E-state index in [-0.39, 0.29) is 11.6 Å². The number of hydrogen-bond acceptors (Lipinski definition) is 4. The van der Waals surface area contributed by atoms with E-state index in [0.29, 0.717) is 13.0 Å². The first kappa shape index (κ1) is 21.8. The number of nitrogens with zero attached hydrogens (tertiary/aromatic N) is 3. The van der Waals surface area contributed by atoms with Gasteiger partial charge in [-0.15, -0.1) is 11.3 Å². The maximum Gasteiger partial charge on any atom is 0.417 e. The number of carbonyl (C=O) groups excluding carboxylic acids is 1. The molecule has 0 spiro atoms. The Labute approximate surface area is 166 Å². The number of carbonyl (C=O) groups is 1. The fraction of sp³-hybridized carbons (Fsp3) is 0.400. The van der Waals surface area contributed by atoms with Crippen molar-refractivity contribution < 1.29 is 18.0 Å². The topological polar surface area (TPSA) is 47.3 Å². The fourth-order valence-electron chi connectivity index (χ4n) is 2.97. The van der Waals surface area contributed by atoms with Gasteiger partial charge in [0.2, 0.25) is 5.91 Å². The van der Waals surface area contributed by atoms with Crippen molar-refractivity contribution in [3.8, 4) is 6.07 Å². The predicted octanol–water partition coefficient (Wildman–Crippen LogP) is 4.82. The maximum atomic E-state index is 13.4. The zero-order valence-corrected chi connectivity index (χ0v) is 17.0. The third-order valence-corrected chi connectivity index (χ3v) is 5.54. The minimum atomic E-state index is -4.65. The molecule has 28 heavy (non-hydrogen) atoms. The highest BCUT2D eigenvalue weighted by atomic mass is 32.1. The van der Waals surface area contributed by atoms with Crippen LogP contribution in [0.4, 0.5) is 18.9 Å². The minimum Gasteiger partial charge on any atom is -0.354 e. The van der Waals surface area contributed by atoms with Gasteiger partial charge in [-0.05, 0) is 48.6 Å². The van der Waals surface area contributed by atoms with Crippen molar-refractivity contribution in [3.05, 3.63) is 51.2 Å². The maximum absolute atomic E-state index is 13.4. The lowest BCUT2D eigenvalue weighted by Gasteiger charge is -2.34. The van der Waals surface area contributed by atoms with Gasteiger partial charge >= 0.3 is 6.18 Å². The molecular weight excluding hydrogens is 387 g/mol. The summed E-state index contributed by atoms with van der Waals surface area (Å²) in [5.74, 6) is -0.186. The molecule has 150 valence electrons. The van der Waals surface area contributed by atoms with Crippen LogP contribution in [-0.2, 0) is 17.5 Å². The lowest BCUT2D eigenvalue weighted by molar-refractivity contribution is -0.137. The summed E-state index contributed by atoms with van der Waals surface area (Å²) in [4.78, 5) is 16.8. The van der Waals surface area contributed by atoms with Gasteiger partial charge in [0.25, 0.3) is 0 Å². The molecule has 0 radical (unpaired) electrons. The molecule has 0 saturated heterocycles. The van der Waals surface area contributed by atoms with E-state index in [1.54, 1.807) is 25.1 Å². The Morgan fingerprint density at radius 2 is 1.96 bits per heavy atom. The molecule has 1 aromatic carbocycles. The lowest BCUT2D eigenvalue weighted by atomic mass is 10.0. The van der Waals surface area contributed by atoms with E-state index in [2.05, 4.69) is 0 Å². The van der Waals surface area contributed by atoms with Crippen molar-refractivity contribution in [2.45, 2.75) is 39.0 Å². The molecule has 0 N–H and O–H groups in total. The Balaban J connectivity index is 2.60. The van der Waals surface area contributed by atoms with Gasteiger partial charge in [0, 0.05) is 24.7 Å². The predicted molar refractivity (Wildman–Crippen MR) is 104 cm³/mol. The zero-order valence-electron chi connectivity index (χ0n) is 16.2. The normalized spacial score (nSPS) is 12.4. The molecule has 1 atom stereocenters. The van der Waals surface area contributed by atoms with Crippen LogP contribution in [0.25, 0.3) is 0 Å². The average Bonchev–Trinajstić information content (AvgIpc) is 3.04. The van der Waals surface area contributed by atoms with Crippen LogP contribution in [-0.4, -0.2) is 30.9 Å². The SMILES string of the molecule is CCC(C(=O)N(C)C)N(Cc1sccc1C)c1ccc(C#N)c(C(F)(F)F)c1. The molecule has 1 aromatic heterocycles. The number of anilines is 1. The second kappa shape index (κ2) is 8.65. The van der Waals surface area contributed by atoms with Crippen molar-refractivity contribution >= 4 is 22.9 Å². The number of alkyl halides is 3. The number of likely N-dealkylation sites (N-methyl/N-ethyl adjacent to an activating group) is 1. The van der Waals surface area contributed by atoms with E-state index in [9.17, 15) is 18.0 Å². The number of halogens is 3. The van der Waals surface area contributed by atoms with E-state index in [0.717, 1.165) is 16.5 Å². The van der Waals surface area contributed by atoms with Gasteiger partial charge in [0.15, 0.2) is 0 Å². The highest BCUT2D eigenvalue weighted by Crippen LogP contribution is 2.36. The molecule has 2 rings (SSSR count). The first-order valence-electron chi connectivity index (χ1n) is 8.72. The molecule has 0 aliphatic carbocycles. The van der Waals surface area contributed by atoms with Gasteiger partial charge in [0.1, 0.15) is 6.04 Å². The van der Waals surface area contributed by atoms with Crippen LogP contribution >= 0.6 is 11.3 Å². The third-order valence-electron chi connectivity index (χ3n) is 4.53. The van der Waals surface area contributed by atoms with Crippen LogP contribution in [0.5, 0.6) is 0 Å². The molecular formula is C20H22F3N3OS. The van der Waals surface area contributed by atoms with Gasteiger partial charge < -0.3 is 9.80 Å². The van der Waals surface area contributed by atoms with Crippen LogP contribution in [0.2, 0.25) is 0 Å². The summed E-state index contributed by atoms with van der Waals surface area (Å²) in [6, 6.07) is 6.52. The summed E-state index contributed by atoms with van der Waals surface area (Å²) in [7, 11) is 3.25. The van der Waals surface area contributed by atoms with Crippen LogP contribution in [0.15, 0.2) is 29.6 Å². The number of rotatable bonds is 6. The number of aryl methyl sites for hydroxylation is 1. The Morgan fingerprint density at radius 3 is 2.43 bits per heavy atom. The first-order chi connectivity index (χ1) is 13.1. The molecule has 0 aliphatic rings. The van der Waals surface area contributed by atoms with E-state index in [4.69, 9.17) is 5.26 Å². The number of thiophene rings is 1. The second-order valence-electron chi connectivity index (χ2n) is 6.65. The van der Waals surface area contributed by atoms with Crippen LogP contribution in [0.1, 0.15) is 34.9 Å². The summed E-state index contributed by atoms with van der Waals surface area (Å²) in [6.07, 6.45) is -4.22. The quantitative estimate of drug-likeness (QED) is 0.687. The minimum absolute atomic E-state index is 0.186. The molecule has 0 aliphatic heterocycles. The summed E-state index contributed by atoms with van der Waals surface area (Å²) in [5.41, 5.74) is -0.143. The summed E-state index contributed by atoms with van der Waals surface area (Å²) in [6.45, 7) is 4.07. The molecule has 0 fully saturated rings. The molecule has 2 aromatic rings. The fourth-order valence-corrected chi connectivity index (χ4v) is 3.88. The van der Waals surface area contributed by atoms with Gasteiger partial charge in [-0.25, -0.2) is 0 Å². The average molecular weight is 409 g/mol. The molecule has 1 heterocycles. The first-order valence-corrected chi connectivity index (χ1v) is 9.60. The Hall–Kier alpha value is -2.53. The summed E-state index contributed by atoms with van der Waals surface area (Å²) >= 11 is 1.50. The Kier molecular flexibility index (Phi) is 6.73. The molecule has 1 amide bonds. The van der Waals surface area contributed by atoms with Crippen molar-refractivity contribution in [2.24, 2.45) is 0 Å². The third kappa shape index (κ3) is 4.65. The van der Waals surface area contributed by atoms with E-state index in [1.165, 1.54) is 28.4 Å². The largest absolute Gasteiger partial charge is 0.417 e. The highest BCUT2D eigenvalue weighted by Gasteiger charge is 2.35. The summed E-state index contributed by atoms with van der Waals surface area (Å²) in [5, 5.41) is 11.0. The van der Waals surface area contributed by atoms with Crippen LogP contribution in [0, 0.1) is 18.3 Å². The van der Waals surface area contributed by atoms with Crippen molar-refractivity contribution in [1.82, 2.24) is 4.90 Å². The van der Waals surface area contributed by atoms with E-state index >= 15 is 0 Å². The number of hydrogen-bond donors (Lipinski definition) is 0. The molecule has 8 heteroatoms. The molecule has 1 unspecified atom stereocenters. The number of amides is 1.